The molecule has 0 aliphatic carbocycles. The zero-order chi connectivity index (χ0) is 14.4. The van der Waals surface area contributed by atoms with Crippen molar-refractivity contribution in [3.8, 4) is 0 Å². The quantitative estimate of drug-likeness (QED) is 0.799. The van der Waals surface area contributed by atoms with Crippen molar-refractivity contribution < 1.29 is 4.79 Å². The number of nitrogens with two attached hydrogens (primary N) is 1. The Morgan fingerprint density at radius 3 is 2.35 bits per heavy atom. The first-order valence-electron chi connectivity index (χ1n) is 6.58. The zero-order valence-corrected chi connectivity index (χ0v) is 11.5. The van der Waals surface area contributed by atoms with E-state index in [-0.39, 0.29) is 12.1 Å². The molecule has 0 saturated carbocycles. The molecule has 0 saturated heterocycles. The highest BCUT2D eigenvalue weighted by atomic mass is 16.2. The number of benzene rings is 2. The summed E-state index contributed by atoms with van der Waals surface area (Å²) in [6.45, 7) is 2.36. The molecule has 2 amide bonds. The number of rotatable bonds is 4. The second-order valence-electron chi connectivity index (χ2n) is 4.66. The number of hydrogen-bond acceptors (Lipinski definition) is 2. The summed E-state index contributed by atoms with van der Waals surface area (Å²) in [6, 6.07) is 16.9. The molecular weight excluding hydrogens is 250 g/mol. The standard InChI is InChI=1S/C16H19N3O/c1-12-7-9-14(10-8-12)18-16(20)19-15(11-17)13-5-3-2-4-6-13/h2-10,15H,11,17H2,1H3,(H2,18,19,20). The molecule has 0 aromatic heterocycles. The van der Waals surface area contributed by atoms with Gasteiger partial charge in [0.15, 0.2) is 0 Å². The van der Waals surface area contributed by atoms with Crippen LogP contribution in [-0.4, -0.2) is 12.6 Å². The summed E-state index contributed by atoms with van der Waals surface area (Å²) in [5.74, 6) is 0. The number of anilines is 1. The van der Waals surface area contributed by atoms with Crippen LogP contribution in [0.2, 0.25) is 0 Å². The molecule has 0 fully saturated rings. The van der Waals surface area contributed by atoms with Crippen LogP contribution in [0.25, 0.3) is 0 Å². The third-order valence-electron chi connectivity index (χ3n) is 3.05. The summed E-state index contributed by atoms with van der Waals surface area (Å²) in [6.07, 6.45) is 0. The van der Waals surface area contributed by atoms with Crippen molar-refractivity contribution in [1.82, 2.24) is 5.32 Å². The topological polar surface area (TPSA) is 67.2 Å². The number of aryl methyl sites for hydroxylation is 1. The van der Waals surface area contributed by atoms with Gasteiger partial charge in [-0.15, -0.1) is 0 Å². The van der Waals surface area contributed by atoms with E-state index in [4.69, 9.17) is 5.73 Å². The molecule has 0 radical (unpaired) electrons. The highest BCUT2D eigenvalue weighted by Crippen LogP contribution is 2.12. The molecule has 4 nitrogen and oxygen atoms in total. The van der Waals surface area contributed by atoms with E-state index in [1.807, 2.05) is 61.5 Å². The third kappa shape index (κ3) is 3.83. The lowest BCUT2D eigenvalue weighted by molar-refractivity contribution is 0.249. The Labute approximate surface area is 119 Å². The van der Waals surface area contributed by atoms with Crippen LogP contribution in [0.1, 0.15) is 17.2 Å². The summed E-state index contributed by atoms with van der Waals surface area (Å²) in [7, 11) is 0. The van der Waals surface area contributed by atoms with Crippen LogP contribution in [0.3, 0.4) is 0 Å². The fourth-order valence-electron chi connectivity index (χ4n) is 1.93. The molecule has 4 N–H and O–H groups in total. The molecule has 1 atom stereocenters. The zero-order valence-electron chi connectivity index (χ0n) is 11.5. The summed E-state index contributed by atoms with van der Waals surface area (Å²) >= 11 is 0. The first-order chi connectivity index (χ1) is 9.69. The van der Waals surface area contributed by atoms with E-state index in [0.29, 0.717) is 6.54 Å². The van der Waals surface area contributed by atoms with Crippen molar-refractivity contribution in [1.29, 1.82) is 0 Å². The fourth-order valence-corrected chi connectivity index (χ4v) is 1.93. The number of amides is 2. The van der Waals surface area contributed by atoms with E-state index in [1.165, 1.54) is 0 Å². The van der Waals surface area contributed by atoms with Gasteiger partial charge in [-0.2, -0.15) is 0 Å². The molecule has 2 aromatic rings. The molecule has 0 spiro atoms. The van der Waals surface area contributed by atoms with E-state index in [1.54, 1.807) is 0 Å². The van der Waals surface area contributed by atoms with E-state index >= 15 is 0 Å². The summed E-state index contributed by atoms with van der Waals surface area (Å²) in [4.78, 5) is 12.0. The SMILES string of the molecule is Cc1ccc(NC(=O)NC(CN)c2ccccc2)cc1. The smallest absolute Gasteiger partial charge is 0.319 e. The van der Waals surface area contributed by atoms with Crippen molar-refractivity contribution >= 4 is 11.7 Å². The molecule has 2 aromatic carbocycles. The van der Waals surface area contributed by atoms with Crippen molar-refractivity contribution in [2.75, 3.05) is 11.9 Å². The van der Waals surface area contributed by atoms with Gasteiger partial charge in [-0.3, -0.25) is 0 Å². The lowest BCUT2D eigenvalue weighted by Crippen LogP contribution is -2.36. The lowest BCUT2D eigenvalue weighted by atomic mass is 10.1. The van der Waals surface area contributed by atoms with Crippen LogP contribution < -0.4 is 16.4 Å². The summed E-state index contributed by atoms with van der Waals surface area (Å²) in [5.41, 5.74) is 8.63. The van der Waals surface area contributed by atoms with Crippen molar-refractivity contribution in [2.24, 2.45) is 5.73 Å². The van der Waals surface area contributed by atoms with Crippen molar-refractivity contribution in [2.45, 2.75) is 13.0 Å². The lowest BCUT2D eigenvalue weighted by Gasteiger charge is -2.17. The Morgan fingerprint density at radius 2 is 1.75 bits per heavy atom. The van der Waals surface area contributed by atoms with Gasteiger partial charge in [-0.05, 0) is 24.6 Å². The summed E-state index contributed by atoms with van der Waals surface area (Å²) < 4.78 is 0. The van der Waals surface area contributed by atoms with Crippen LogP contribution in [0.5, 0.6) is 0 Å². The minimum absolute atomic E-state index is 0.193. The second kappa shape index (κ2) is 6.73. The van der Waals surface area contributed by atoms with E-state index in [9.17, 15) is 4.79 Å². The molecule has 0 heterocycles. The second-order valence-corrected chi connectivity index (χ2v) is 4.66. The van der Waals surface area contributed by atoms with Gasteiger partial charge in [0, 0.05) is 12.2 Å². The molecule has 1 unspecified atom stereocenters. The fraction of sp³-hybridized carbons (Fsp3) is 0.188. The Balaban J connectivity index is 1.97. The number of nitrogens with one attached hydrogen (secondary N) is 2. The van der Waals surface area contributed by atoms with Gasteiger partial charge in [0.2, 0.25) is 0 Å². The maximum atomic E-state index is 12.0. The van der Waals surface area contributed by atoms with Gasteiger partial charge in [-0.1, -0.05) is 48.0 Å². The van der Waals surface area contributed by atoms with E-state index in [2.05, 4.69) is 10.6 Å². The van der Waals surface area contributed by atoms with Gasteiger partial charge in [0.05, 0.1) is 6.04 Å². The Hall–Kier alpha value is -2.33. The van der Waals surface area contributed by atoms with Crippen LogP contribution >= 0.6 is 0 Å². The number of carbonyl (C=O) groups is 1. The Morgan fingerprint density at radius 1 is 1.10 bits per heavy atom. The van der Waals surface area contributed by atoms with Gasteiger partial charge < -0.3 is 16.4 Å². The number of hydrogen-bond donors (Lipinski definition) is 3. The molecule has 2 rings (SSSR count). The van der Waals surface area contributed by atoms with Crippen LogP contribution in [0.15, 0.2) is 54.6 Å². The van der Waals surface area contributed by atoms with Crippen LogP contribution in [0.4, 0.5) is 10.5 Å². The number of carbonyl (C=O) groups excluding carboxylic acids is 1. The van der Waals surface area contributed by atoms with Crippen LogP contribution in [0, 0.1) is 6.92 Å². The molecule has 4 heteroatoms. The maximum absolute atomic E-state index is 12.0. The summed E-state index contributed by atoms with van der Waals surface area (Å²) in [5, 5.41) is 5.67. The van der Waals surface area contributed by atoms with Gasteiger partial charge in [0.1, 0.15) is 0 Å². The first-order valence-corrected chi connectivity index (χ1v) is 6.58. The Bertz CT molecular complexity index is 552. The highest BCUT2D eigenvalue weighted by molar-refractivity contribution is 5.89. The van der Waals surface area contributed by atoms with Crippen molar-refractivity contribution in [3.05, 3.63) is 65.7 Å². The van der Waals surface area contributed by atoms with Crippen molar-refractivity contribution in [3.63, 3.8) is 0 Å². The minimum atomic E-state index is -0.256. The van der Waals surface area contributed by atoms with E-state index in [0.717, 1.165) is 16.8 Å². The minimum Gasteiger partial charge on any atom is -0.330 e. The monoisotopic (exact) mass is 269 g/mol. The van der Waals surface area contributed by atoms with E-state index < -0.39 is 0 Å². The third-order valence-corrected chi connectivity index (χ3v) is 3.05. The first kappa shape index (κ1) is 14.1. The number of urea groups is 1. The molecular formula is C16H19N3O. The van der Waals surface area contributed by atoms with Gasteiger partial charge >= 0.3 is 6.03 Å². The Kier molecular flexibility index (Phi) is 4.74. The maximum Gasteiger partial charge on any atom is 0.319 e. The highest BCUT2D eigenvalue weighted by Gasteiger charge is 2.12. The molecule has 0 bridgehead atoms. The average Bonchev–Trinajstić information content (AvgIpc) is 2.48. The molecule has 0 aliphatic heterocycles. The predicted octanol–water partition coefficient (Wildman–Crippen LogP) is 2.82. The normalized spacial score (nSPS) is 11.7. The predicted molar refractivity (Wildman–Crippen MR) is 81.6 cm³/mol. The molecule has 104 valence electrons. The largest absolute Gasteiger partial charge is 0.330 e. The molecule has 0 aliphatic rings. The van der Waals surface area contributed by atoms with Gasteiger partial charge in [-0.25, -0.2) is 4.79 Å². The average molecular weight is 269 g/mol. The molecule has 20 heavy (non-hydrogen) atoms. The van der Waals surface area contributed by atoms with Gasteiger partial charge in [0.25, 0.3) is 0 Å². The van der Waals surface area contributed by atoms with Crippen LogP contribution in [-0.2, 0) is 0 Å².